The first-order chi connectivity index (χ1) is 15.4. The molecule has 180 valence electrons. The van der Waals surface area contributed by atoms with Gasteiger partial charge in [0.15, 0.2) is 0 Å². The van der Waals surface area contributed by atoms with Crippen LogP contribution in [0.3, 0.4) is 0 Å². The molecule has 2 amide bonds. The van der Waals surface area contributed by atoms with Gasteiger partial charge in [-0.05, 0) is 47.7 Å². The number of nitrogens with one attached hydrogen (secondary N) is 3. The highest BCUT2D eigenvalue weighted by molar-refractivity contribution is 5.92. The van der Waals surface area contributed by atoms with Crippen LogP contribution in [0.5, 0.6) is 5.75 Å². The first-order valence-corrected chi connectivity index (χ1v) is 10.7. The van der Waals surface area contributed by atoms with Gasteiger partial charge in [0, 0.05) is 5.56 Å². The molecule has 3 rings (SSSR count). The van der Waals surface area contributed by atoms with Crippen molar-refractivity contribution in [1.82, 2.24) is 10.6 Å². The zero-order valence-electron chi connectivity index (χ0n) is 19.3. The smallest absolute Gasteiger partial charge is 0.408 e. The lowest BCUT2D eigenvalue weighted by Gasteiger charge is -2.28. The summed E-state index contributed by atoms with van der Waals surface area (Å²) in [5, 5.41) is 18.2. The van der Waals surface area contributed by atoms with Crippen molar-refractivity contribution in [2.45, 2.75) is 57.0 Å². The Morgan fingerprint density at radius 1 is 1.18 bits per heavy atom. The topological polar surface area (TPSA) is 82.6 Å². The third kappa shape index (κ3) is 5.25. The number of hydrogen-bond donors (Lipinski definition) is 4. The summed E-state index contributed by atoms with van der Waals surface area (Å²) < 4.78 is 46.6. The molecule has 1 aliphatic carbocycles. The predicted molar refractivity (Wildman–Crippen MR) is 121 cm³/mol. The number of hydrogen-bond acceptors (Lipinski definition) is 4. The van der Waals surface area contributed by atoms with Crippen molar-refractivity contribution in [1.29, 1.82) is 0 Å². The molecule has 6 nitrogen and oxygen atoms in total. The van der Waals surface area contributed by atoms with E-state index in [4.69, 9.17) is 4.74 Å². The number of halogens is 3. The van der Waals surface area contributed by atoms with E-state index in [1.54, 1.807) is 12.1 Å². The lowest BCUT2D eigenvalue weighted by Crippen LogP contribution is -2.40. The molecule has 0 radical (unpaired) electrons. The predicted octanol–water partition coefficient (Wildman–Crippen LogP) is 4.60. The molecule has 0 fully saturated rings. The van der Waals surface area contributed by atoms with E-state index < -0.39 is 35.8 Å². The highest BCUT2D eigenvalue weighted by Crippen LogP contribution is 2.43. The molecule has 0 aromatic heterocycles. The zero-order valence-corrected chi connectivity index (χ0v) is 19.3. The molecular formula is C24H30F3N3O3. The Labute approximate surface area is 191 Å². The number of anilines is 1. The largest absolute Gasteiger partial charge is 0.494 e. The molecule has 0 saturated heterocycles. The van der Waals surface area contributed by atoms with Gasteiger partial charge in [-0.3, -0.25) is 0 Å². The third-order valence-electron chi connectivity index (χ3n) is 5.87. The Balaban J connectivity index is 1.93. The normalized spacial score (nSPS) is 19.1. The van der Waals surface area contributed by atoms with Crippen LogP contribution in [0.1, 0.15) is 55.2 Å². The van der Waals surface area contributed by atoms with E-state index in [-0.39, 0.29) is 17.0 Å². The molecule has 0 saturated carbocycles. The van der Waals surface area contributed by atoms with E-state index in [1.165, 1.54) is 20.2 Å². The Bertz CT molecular complexity index is 1020. The maximum Gasteiger partial charge on any atom is 0.408 e. The second kappa shape index (κ2) is 9.23. The fraction of sp³-hybridized carbons (Fsp3) is 0.458. The number of amides is 2. The number of ether oxygens (including phenoxy) is 1. The summed E-state index contributed by atoms with van der Waals surface area (Å²) in [5.41, 5.74) is 1.80. The second-order valence-corrected chi connectivity index (χ2v) is 9.21. The molecule has 33 heavy (non-hydrogen) atoms. The minimum Gasteiger partial charge on any atom is -0.494 e. The summed E-state index contributed by atoms with van der Waals surface area (Å²) in [5.74, 6) is -0.0786. The van der Waals surface area contributed by atoms with Crippen molar-refractivity contribution in [3.63, 3.8) is 0 Å². The molecule has 3 atom stereocenters. The summed E-state index contributed by atoms with van der Waals surface area (Å²) in [7, 11) is 2.49. The fourth-order valence-corrected chi connectivity index (χ4v) is 4.15. The van der Waals surface area contributed by atoms with Crippen molar-refractivity contribution in [3.05, 3.63) is 58.7 Å². The second-order valence-electron chi connectivity index (χ2n) is 9.21. The van der Waals surface area contributed by atoms with E-state index in [9.17, 15) is 23.1 Å². The van der Waals surface area contributed by atoms with E-state index in [0.29, 0.717) is 12.0 Å². The quantitative estimate of drug-likeness (QED) is 0.520. The van der Waals surface area contributed by atoms with Gasteiger partial charge in [-0.15, -0.1) is 0 Å². The van der Waals surface area contributed by atoms with E-state index >= 15 is 0 Å². The van der Waals surface area contributed by atoms with Crippen molar-refractivity contribution in [3.8, 4) is 5.75 Å². The number of aliphatic hydroxyl groups excluding tert-OH is 1. The number of fused-ring (bicyclic) bond motifs is 1. The Morgan fingerprint density at radius 2 is 1.85 bits per heavy atom. The molecular weight excluding hydrogens is 435 g/mol. The Morgan fingerprint density at radius 3 is 2.39 bits per heavy atom. The van der Waals surface area contributed by atoms with Crippen LogP contribution in [0, 0.1) is 0 Å². The standard InChI is InChI=1S/C24H30F3N3O3/c1-23(2,3)14-11-16(21(28-4)24(25,26)27)20(33-5)18(12-14)30-22(32)29-17-10-13-8-6-7-9-15(13)19(17)31/h6-9,11-12,17,19,21,28,31H,10H2,1-5H3,(H2,29,30,32). The molecule has 9 heteroatoms. The average molecular weight is 466 g/mol. The molecule has 0 heterocycles. The molecule has 0 bridgehead atoms. The van der Waals surface area contributed by atoms with Crippen LogP contribution < -0.4 is 20.7 Å². The van der Waals surface area contributed by atoms with Crippen molar-refractivity contribution < 1.29 is 27.8 Å². The lowest BCUT2D eigenvalue weighted by molar-refractivity contribution is -0.156. The van der Waals surface area contributed by atoms with Crippen LogP contribution in [0.15, 0.2) is 36.4 Å². The van der Waals surface area contributed by atoms with Gasteiger partial charge in [0.2, 0.25) is 0 Å². The maximum absolute atomic E-state index is 13.7. The summed E-state index contributed by atoms with van der Waals surface area (Å²) in [6, 6.07) is 7.24. The summed E-state index contributed by atoms with van der Waals surface area (Å²) in [4.78, 5) is 12.8. The molecule has 2 aromatic rings. The van der Waals surface area contributed by atoms with Crippen LogP contribution in [0.25, 0.3) is 0 Å². The summed E-state index contributed by atoms with van der Waals surface area (Å²) in [6.07, 6.45) is -4.99. The number of carbonyl (C=O) groups excluding carboxylic acids is 1. The minimum atomic E-state index is -4.57. The number of urea groups is 1. The number of rotatable bonds is 5. The summed E-state index contributed by atoms with van der Waals surface area (Å²) >= 11 is 0. The molecule has 4 N–H and O–H groups in total. The Kier molecular flexibility index (Phi) is 6.95. The number of methoxy groups -OCH3 is 1. The number of benzene rings is 2. The lowest BCUT2D eigenvalue weighted by atomic mass is 9.84. The van der Waals surface area contributed by atoms with Gasteiger partial charge in [0.25, 0.3) is 0 Å². The molecule has 0 aliphatic heterocycles. The highest BCUT2D eigenvalue weighted by Gasteiger charge is 2.42. The van der Waals surface area contributed by atoms with Gasteiger partial charge in [-0.1, -0.05) is 45.0 Å². The zero-order chi connectivity index (χ0) is 24.6. The van der Waals surface area contributed by atoms with Gasteiger partial charge >= 0.3 is 12.2 Å². The third-order valence-corrected chi connectivity index (χ3v) is 5.87. The first-order valence-electron chi connectivity index (χ1n) is 10.7. The van der Waals surface area contributed by atoms with Crippen molar-refractivity contribution >= 4 is 11.7 Å². The maximum atomic E-state index is 13.7. The van der Waals surface area contributed by atoms with Crippen LogP contribution >= 0.6 is 0 Å². The van der Waals surface area contributed by atoms with Crippen LogP contribution in [-0.2, 0) is 11.8 Å². The van der Waals surface area contributed by atoms with Crippen LogP contribution in [0.4, 0.5) is 23.7 Å². The van der Waals surface area contributed by atoms with Gasteiger partial charge < -0.3 is 25.8 Å². The van der Waals surface area contributed by atoms with Gasteiger partial charge in [0.05, 0.1) is 24.9 Å². The number of carbonyl (C=O) groups is 1. The first kappa shape index (κ1) is 24.9. The van der Waals surface area contributed by atoms with Gasteiger partial charge in [0.1, 0.15) is 11.8 Å². The van der Waals surface area contributed by atoms with E-state index in [0.717, 1.165) is 11.1 Å². The molecule has 1 aliphatic rings. The monoisotopic (exact) mass is 465 g/mol. The van der Waals surface area contributed by atoms with Crippen LogP contribution in [0.2, 0.25) is 0 Å². The Hall–Kier alpha value is -2.78. The summed E-state index contributed by atoms with van der Waals surface area (Å²) in [6.45, 7) is 5.61. The van der Waals surface area contributed by atoms with Crippen LogP contribution in [-0.4, -0.2) is 37.5 Å². The molecule has 2 aromatic carbocycles. The van der Waals surface area contributed by atoms with Gasteiger partial charge in [-0.2, -0.15) is 13.2 Å². The van der Waals surface area contributed by atoms with Gasteiger partial charge in [-0.25, -0.2) is 4.79 Å². The fourth-order valence-electron chi connectivity index (χ4n) is 4.15. The number of alkyl halides is 3. The van der Waals surface area contributed by atoms with Crippen molar-refractivity contribution in [2.24, 2.45) is 0 Å². The average Bonchev–Trinajstić information content (AvgIpc) is 3.02. The number of aliphatic hydroxyl groups is 1. The SMILES string of the molecule is CNC(c1cc(C(C)(C)C)cc(NC(=O)NC2Cc3ccccc3C2O)c1OC)C(F)(F)F. The molecule has 0 spiro atoms. The molecule has 3 unspecified atom stereocenters. The highest BCUT2D eigenvalue weighted by atomic mass is 19.4. The van der Waals surface area contributed by atoms with E-state index in [1.807, 2.05) is 39.0 Å². The minimum absolute atomic E-state index is 0.0786. The van der Waals surface area contributed by atoms with E-state index in [2.05, 4.69) is 16.0 Å². The van der Waals surface area contributed by atoms with Crippen molar-refractivity contribution in [2.75, 3.05) is 19.5 Å².